The van der Waals surface area contributed by atoms with E-state index < -0.39 is 0 Å². The molecular weight excluding hydrogens is 286 g/mol. The molecule has 6 heteroatoms. The number of ether oxygens (including phenoxy) is 1. The molecule has 1 aliphatic heterocycles. The largest absolute Gasteiger partial charge is 0.392 e. The lowest BCUT2D eigenvalue weighted by molar-refractivity contribution is -0.199. The van der Waals surface area contributed by atoms with Gasteiger partial charge in [0.15, 0.2) is 0 Å². The van der Waals surface area contributed by atoms with E-state index >= 15 is 0 Å². The van der Waals surface area contributed by atoms with Gasteiger partial charge in [0.05, 0.1) is 12.2 Å². The molecule has 2 unspecified atom stereocenters. The molecule has 0 radical (unpaired) electrons. The van der Waals surface area contributed by atoms with Crippen molar-refractivity contribution >= 4 is 16.7 Å². The molecular formula is C15H23N3O2S. The van der Waals surface area contributed by atoms with E-state index in [1.807, 2.05) is 6.92 Å². The second-order valence-electron chi connectivity index (χ2n) is 6.63. The molecule has 0 amide bonds. The molecule has 1 saturated heterocycles. The molecule has 3 fully saturated rings. The zero-order valence-electron chi connectivity index (χ0n) is 12.5. The number of aromatic nitrogens is 2. The Labute approximate surface area is 129 Å². The zero-order chi connectivity index (χ0) is 14.4. The Morgan fingerprint density at radius 3 is 2.76 bits per heavy atom. The van der Waals surface area contributed by atoms with Crippen LogP contribution in [0.15, 0.2) is 0 Å². The van der Waals surface area contributed by atoms with Gasteiger partial charge in [-0.1, -0.05) is 0 Å². The normalized spacial score (nSPS) is 31.4. The van der Waals surface area contributed by atoms with Gasteiger partial charge < -0.3 is 14.7 Å². The van der Waals surface area contributed by atoms with Crippen LogP contribution >= 0.6 is 11.5 Å². The summed E-state index contributed by atoms with van der Waals surface area (Å²) in [4.78, 5) is 7.04. The van der Waals surface area contributed by atoms with E-state index in [2.05, 4.69) is 9.27 Å². The van der Waals surface area contributed by atoms with E-state index in [4.69, 9.17) is 9.72 Å². The third-order valence-corrected chi connectivity index (χ3v) is 6.24. The van der Waals surface area contributed by atoms with E-state index in [0.29, 0.717) is 5.92 Å². The molecule has 116 valence electrons. The van der Waals surface area contributed by atoms with Gasteiger partial charge >= 0.3 is 0 Å². The van der Waals surface area contributed by atoms with Crippen LogP contribution < -0.4 is 4.90 Å². The molecule has 1 N–H and O–H groups in total. The molecule has 4 rings (SSSR count). The number of nitrogens with zero attached hydrogens (tertiary/aromatic N) is 3. The van der Waals surface area contributed by atoms with Gasteiger partial charge in [0.1, 0.15) is 5.82 Å². The molecule has 1 aromatic rings. The van der Waals surface area contributed by atoms with Crippen molar-refractivity contribution in [3.8, 4) is 0 Å². The third-order valence-electron chi connectivity index (χ3n) is 5.45. The maximum Gasteiger partial charge on any atom is 0.205 e. The number of piperidine rings is 1. The lowest BCUT2D eigenvalue weighted by atomic mass is 9.58. The standard InChI is InChI=1S/C15H23N3O2S/c1-2-20-12-9-11(19)15(12)5-7-18(8-6-15)14-16-13(17-21-14)10-3-4-10/h10-12,19H,2-9H2,1H3. The summed E-state index contributed by atoms with van der Waals surface area (Å²) in [5, 5.41) is 11.3. The second kappa shape index (κ2) is 5.18. The fourth-order valence-electron chi connectivity index (χ4n) is 3.79. The maximum atomic E-state index is 10.2. The van der Waals surface area contributed by atoms with Crippen LogP contribution in [0.5, 0.6) is 0 Å². The number of rotatable bonds is 4. The molecule has 0 aromatic carbocycles. The quantitative estimate of drug-likeness (QED) is 0.924. The third kappa shape index (κ3) is 2.28. The van der Waals surface area contributed by atoms with Crippen LogP contribution in [-0.2, 0) is 4.74 Å². The fourth-order valence-corrected chi connectivity index (χ4v) is 4.59. The highest BCUT2D eigenvalue weighted by Gasteiger charge is 2.56. The van der Waals surface area contributed by atoms with Crippen molar-refractivity contribution in [3.63, 3.8) is 0 Å². The van der Waals surface area contributed by atoms with Gasteiger partial charge in [-0.05, 0) is 32.6 Å². The van der Waals surface area contributed by atoms with E-state index in [1.54, 1.807) is 0 Å². The number of aliphatic hydroxyl groups is 1. The monoisotopic (exact) mass is 309 g/mol. The Morgan fingerprint density at radius 2 is 2.14 bits per heavy atom. The van der Waals surface area contributed by atoms with Gasteiger partial charge in [-0.15, -0.1) is 0 Å². The van der Waals surface area contributed by atoms with E-state index in [1.165, 1.54) is 24.4 Å². The Hall–Kier alpha value is -0.720. The first kappa shape index (κ1) is 13.9. The topological polar surface area (TPSA) is 58.5 Å². The second-order valence-corrected chi connectivity index (χ2v) is 7.36. The smallest absolute Gasteiger partial charge is 0.205 e. The minimum absolute atomic E-state index is 0.00345. The summed E-state index contributed by atoms with van der Waals surface area (Å²) in [7, 11) is 0. The average molecular weight is 309 g/mol. The van der Waals surface area contributed by atoms with Crippen LogP contribution in [-0.4, -0.2) is 46.4 Å². The summed E-state index contributed by atoms with van der Waals surface area (Å²) in [6, 6.07) is 0. The van der Waals surface area contributed by atoms with Crippen molar-refractivity contribution in [2.45, 2.75) is 57.2 Å². The van der Waals surface area contributed by atoms with Gasteiger partial charge in [-0.3, -0.25) is 0 Å². The van der Waals surface area contributed by atoms with Gasteiger partial charge in [-0.25, -0.2) is 4.98 Å². The average Bonchev–Trinajstić information content (AvgIpc) is 3.25. The summed E-state index contributed by atoms with van der Waals surface area (Å²) in [6.07, 6.45) is 5.36. The summed E-state index contributed by atoms with van der Waals surface area (Å²) < 4.78 is 10.3. The molecule has 5 nitrogen and oxygen atoms in total. The zero-order valence-corrected chi connectivity index (χ0v) is 13.3. The summed E-state index contributed by atoms with van der Waals surface area (Å²) in [5.74, 6) is 1.67. The van der Waals surface area contributed by atoms with E-state index in [-0.39, 0.29) is 17.6 Å². The lowest BCUT2D eigenvalue weighted by Crippen LogP contribution is -2.62. The minimum Gasteiger partial charge on any atom is -0.392 e. The van der Waals surface area contributed by atoms with Crippen molar-refractivity contribution in [1.82, 2.24) is 9.36 Å². The Kier molecular flexibility index (Phi) is 3.43. The molecule has 1 aromatic heterocycles. The first-order chi connectivity index (χ1) is 10.2. The van der Waals surface area contributed by atoms with Gasteiger partial charge in [0.2, 0.25) is 5.13 Å². The Balaban J connectivity index is 1.41. The first-order valence-electron chi connectivity index (χ1n) is 8.11. The molecule has 1 spiro atoms. The molecule has 2 heterocycles. The summed E-state index contributed by atoms with van der Waals surface area (Å²) in [5.41, 5.74) is -0.00345. The van der Waals surface area contributed by atoms with E-state index in [0.717, 1.165) is 49.9 Å². The molecule has 2 saturated carbocycles. The van der Waals surface area contributed by atoms with Crippen molar-refractivity contribution in [3.05, 3.63) is 5.82 Å². The van der Waals surface area contributed by atoms with Crippen LogP contribution in [0.3, 0.4) is 0 Å². The highest BCUT2D eigenvalue weighted by molar-refractivity contribution is 7.09. The van der Waals surface area contributed by atoms with Crippen LogP contribution in [0.2, 0.25) is 0 Å². The van der Waals surface area contributed by atoms with Gasteiger partial charge in [-0.2, -0.15) is 4.37 Å². The van der Waals surface area contributed by atoms with Crippen molar-refractivity contribution in [1.29, 1.82) is 0 Å². The lowest BCUT2D eigenvalue weighted by Gasteiger charge is -2.56. The highest BCUT2D eigenvalue weighted by atomic mass is 32.1. The van der Waals surface area contributed by atoms with Crippen molar-refractivity contribution < 1.29 is 9.84 Å². The van der Waals surface area contributed by atoms with E-state index in [9.17, 15) is 5.11 Å². The predicted molar refractivity (Wildman–Crippen MR) is 81.8 cm³/mol. The molecule has 3 aliphatic rings. The number of hydrogen-bond acceptors (Lipinski definition) is 6. The number of aliphatic hydroxyl groups excluding tert-OH is 1. The minimum atomic E-state index is -0.187. The highest BCUT2D eigenvalue weighted by Crippen LogP contribution is 2.51. The van der Waals surface area contributed by atoms with Crippen LogP contribution in [0.1, 0.15) is 50.8 Å². The predicted octanol–water partition coefficient (Wildman–Crippen LogP) is 2.17. The SMILES string of the molecule is CCOC1CC(O)C12CCN(c1nc(C3CC3)ns1)CC2. The Bertz CT molecular complexity index is 507. The number of anilines is 1. The van der Waals surface area contributed by atoms with Crippen LogP contribution in [0.25, 0.3) is 0 Å². The Morgan fingerprint density at radius 1 is 1.38 bits per heavy atom. The molecule has 0 bridgehead atoms. The van der Waals surface area contributed by atoms with Crippen LogP contribution in [0, 0.1) is 5.41 Å². The van der Waals surface area contributed by atoms with Gasteiger partial charge in [0, 0.05) is 49.0 Å². The van der Waals surface area contributed by atoms with Crippen LogP contribution in [0.4, 0.5) is 5.13 Å². The van der Waals surface area contributed by atoms with Crippen molar-refractivity contribution in [2.24, 2.45) is 5.41 Å². The van der Waals surface area contributed by atoms with Gasteiger partial charge in [0.25, 0.3) is 0 Å². The summed E-state index contributed by atoms with van der Waals surface area (Å²) in [6.45, 7) is 4.69. The fraction of sp³-hybridized carbons (Fsp3) is 0.867. The molecule has 2 aliphatic carbocycles. The molecule has 2 atom stereocenters. The summed E-state index contributed by atoms with van der Waals surface area (Å²) >= 11 is 1.53. The maximum absolute atomic E-state index is 10.2. The van der Waals surface area contributed by atoms with Crippen molar-refractivity contribution in [2.75, 3.05) is 24.6 Å². The first-order valence-corrected chi connectivity index (χ1v) is 8.88. The number of hydrogen-bond donors (Lipinski definition) is 1. The molecule has 21 heavy (non-hydrogen) atoms.